The Kier molecular flexibility index (Phi) is 5.44. The smallest absolute Gasteiger partial charge is 0.253 e. The van der Waals surface area contributed by atoms with Gasteiger partial charge in [-0.15, -0.1) is 0 Å². The molecule has 1 fully saturated rings. The van der Waals surface area contributed by atoms with Gasteiger partial charge in [0.1, 0.15) is 5.75 Å². The van der Waals surface area contributed by atoms with Crippen molar-refractivity contribution in [2.45, 2.75) is 49.7 Å². The number of aryl methyl sites for hydroxylation is 2. The number of aliphatic hydroxyl groups excluding tert-OH is 1. The molecule has 7 heteroatoms. The summed E-state index contributed by atoms with van der Waals surface area (Å²) in [7, 11) is -1.71. The molecule has 0 bridgehead atoms. The third-order valence-electron chi connectivity index (χ3n) is 4.99. The maximum absolute atomic E-state index is 12.0. The van der Waals surface area contributed by atoms with Gasteiger partial charge in [-0.1, -0.05) is 0 Å². The molecule has 6 nitrogen and oxygen atoms in total. The van der Waals surface area contributed by atoms with Gasteiger partial charge in [-0.3, -0.25) is 4.79 Å². The highest BCUT2D eigenvalue weighted by atomic mass is 32.2. The number of sulfone groups is 1. The molecule has 0 aliphatic heterocycles. The van der Waals surface area contributed by atoms with Crippen LogP contribution in [0.15, 0.2) is 40.2 Å². The Labute approximate surface area is 159 Å². The largest absolute Gasteiger partial charge is 0.490 e. The van der Waals surface area contributed by atoms with Gasteiger partial charge in [-0.05, 0) is 56.9 Å². The monoisotopic (exact) mass is 391 g/mol. The second kappa shape index (κ2) is 7.48. The zero-order valence-corrected chi connectivity index (χ0v) is 16.6. The molecule has 1 N–H and O–H groups in total. The summed E-state index contributed by atoms with van der Waals surface area (Å²) in [6, 6.07) is 6.57. The Morgan fingerprint density at radius 1 is 1.15 bits per heavy atom. The van der Waals surface area contributed by atoms with Crippen molar-refractivity contribution < 1.29 is 18.3 Å². The van der Waals surface area contributed by atoms with E-state index in [0.717, 1.165) is 18.4 Å². The molecule has 1 aliphatic rings. The van der Waals surface area contributed by atoms with Crippen LogP contribution in [0.1, 0.15) is 31.2 Å². The van der Waals surface area contributed by atoms with E-state index in [2.05, 4.69) is 0 Å². The highest BCUT2D eigenvalue weighted by molar-refractivity contribution is 7.90. The third kappa shape index (κ3) is 4.42. The number of nitrogens with zero attached hydrogens (tertiary/aromatic N) is 1. The van der Waals surface area contributed by atoms with Crippen LogP contribution < -0.4 is 10.3 Å². The summed E-state index contributed by atoms with van der Waals surface area (Å²) in [6.45, 7) is 1.73. The normalized spacial score (nSPS) is 20.4. The maximum atomic E-state index is 12.0. The van der Waals surface area contributed by atoms with Gasteiger partial charge in [-0.25, -0.2) is 8.42 Å². The fourth-order valence-corrected chi connectivity index (χ4v) is 4.08. The van der Waals surface area contributed by atoms with Crippen molar-refractivity contribution in [3.63, 3.8) is 0 Å². The second-order valence-corrected chi connectivity index (χ2v) is 9.32. The molecule has 0 amide bonds. The molecule has 27 heavy (non-hydrogen) atoms. The van der Waals surface area contributed by atoms with E-state index in [1.165, 1.54) is 10.8 Å². The Bertz CT molecular complexity index is 975. The lowest BCUT2D eigenvalue weighted by Crippen LogP contribution is -2.26. The molecule has 0 spiro atoms. The minimum atomic E-state index is -3.38. The molecule has 1 aliphatic carbocycles. The molecule has 0 atom stereocenters. The van der Waals surface area contributed by atoms with Crippen molar-refractivity contribution in [3.8, 4) is 16.9 Å². The molecule has 0 radical (unpaired) electrons. The average molecular weight is 391 g/mol. The van der Waals surface area contributed by atoms with Gasteiger partial charge >= 0.3 is 0 Å². The lowest BCUT2D eigenvalue weighted by atomic mass is 9.95. The van der Waals surface area contributed by atoms with Crippen molar-refractivity contribution in [1.82, 2.24) is 4.57 Å². The van der Waals surface area contributed by atoms with Gasteiger partial charge in [0.2, 0.25) is 0 Å². The number of pyridine rings is 1. The third-order valence-corrected chi connectivity index (χ3v) is 6.10. The first-order chi connectivity index (χ1) is 12.6. The van der Waals surface area contributed by atoms with Crippen LogP contribution in [0.5, 0.6) is 5.75 Å². The summed E-state index contributed by atoms with van der Waals surface area (Å²) in [5, 5.41) is 9.68. The Balaban J connectivity index is 2.07. The first kappa shape index (κ1) is 19.6. The van der Waals surface area contributed by atoms with Crippen LogP contribution in [-0.4, -0.2) is 36.6 Å². The predicted octanol–water partition coefficient (Wildman–Crippen LogP) is 2.45. The number of hydrogen-bond acceptors (Lipinski definition) is 5. The highest BCUT2D eigenvalue weighted by Gasteiger charge is 2.23. The molecule has 0 saturated heterocycles. The molecule has 0 unspecified atom stereocenters. The SMILES string of the molecule is Cc1cc(-c2cc(S(C)(=O)=O)ccc2OC2CCC(O)CC2)cn(C)c1=O. The van der Waals surface area contributed by atoms with E-state index in [-0.39, 0.29) is 22.7 Å². The van der Waals surface area contributed by atoms with Crippen molar-refractivity contribution in [2.75, 3.05) is 6.26 Å². The van der Waals surface area contributed by atoms with E-state index < -0.39 is 9.84 Å². The summed E-state index contributed by atoms with van der Waals surface area (Å²) in [6.07, 6.45) is 5.45. The van der Waals surface area contributed by atoms with E-state index in [1.54, 1.807) is 44.4 Å². The van der Waals surface area contributed by atoms with Gasteiger partial charge in [-0.2, -0.15) is 0 Å². The number of rotatable bonds is 4. The van der Waals surface area contributed by atoms with E-state index in [0.29, 0.717) is 29.7 Å². The van der Waals surface area contributed by atoms with Crippen LogP contribution >= 0.6 is 0 Å². The van der Waals surface area contributed by atoms with Gasteiger partial charge in [0, 0.05) is 36.2 Å². The minimum Gasteiger partial charge on any atom is -0.490 e. The molecule has 3 rings (SSSR count). The summed E-state index contributed by atoms with van der Waals surface area (Å²) >= 11 is 0. The fourth-order valence-electron chi connectivity index (χ4n) is 3.44. The molecular formula is C20H25NO5S. The van der Waals surface area contributed by atoms with Crippen molar-refractivity contribution in [2.24, 2.45) is 7.05 Å². The van der Waals surface area contributed by atoms with Gasteiger partial charge in [0.25, 0.3) is 5.56 Å². The number of aromatic nitrogens is 1. The van der Waals surface area contributed by atoms with E-state index in [1.807, 2.05) is 0 Å². The Hall–Kier alpha value is -2.12. The molecule has 146 valence electrons. The zero-order valence-electron chi connectivity index (χ0n) is 15.8. The fraction of sp³-hybridized carbons (Fsp3) is 0.450. The Morgan fingerprint density at radius 2 is 1.81 bits per heavy atom. The number of benzene rings is 1. The number of aliphatic hydroxyl groups is 1. The van der Waals surface area contributed by atoms with Crippen LogP contribution in [0.3, 0.4) is 0 Å². The number of ether oxygens (including phenoxy) is 1. The molecule has 2 aromatic rings. The van der Waals surface area contributed by atoms with Gasteiger partial charge in [0.05, 0.1) is 17.1 Å². The first-order valence-electron chi connectivity index (χ1n) is 9.01. The van der Waals surface area contributed by atoms with Crippen LogP contribution in [0.2, 0.25) is 0 Å². The lowest BCUT2D eigenvalue weighted by molar-refractivity contribution is 0.0668. The first-order valence-corrected chi connectivity index (χ1v) is 10.9. The predicted molar refractivity (Wildman–Crippen MR) is 104 cm³/mol. The standard InChI is InChI=1S/C20H25NO5S/c1-13-10-14(12-21(2)20(13)23)18-11-17(27(3,24)25)8-9-19(18)26-16-6-4-15(22)5-7-16/h8-12,15-16,22H,4-7H2,1-3H3. The molecular weight excluding hydrogens is 366 g/mol. The van der Waals surface area contributed by atoms with Crippen molar-refractivity contribution in [3.05, 3.63) is 46.4 Å². The van der Waals surface area contributed by atoms with Crippen LogP contribution in [-0.2, 0) is 16.9 Å². The maximum Gasteiger partial charge on any atom is 0.253 e. The van der Waals surface area contributed by atoms with Gasteiger partial charge < -0.3 is 14.4 Å². The van der Waals surface area contributed by atoms with Crippen LogP contribution in [0, 0.1) is 6.92 Å². The summed E-state index contributed by atoms with van der Waals surface area (Å²) in [5.74, 6) is 0.585. The molecule has 1 aromatic heterocycles. The lowest BCUT2D eigenvalue weighted by Gasteiger charge is -2.27. The van der Waals surface area contributed by atoms with Crippen molar-refractivity contribution in [1.29, 1.82) is 0 Å². The average Bonchev–Trinajstić information content (AvgIpc) is 2.60. The molecule has 1 heterocycles. The summed E-state index contributed by atoms with van der Waals surface area (Å²) in [5.41, 5.74) is 1.85. The molecule has 1 saturated carbocycles. The van der Waals surface area contributed by atoms with E-state index in [4.69, 9.17) is 4.74 Å². The van der Waals surface area contributed by atoms with E-state index in [9.17, 15) is 18.3 Å². The molecule has 1 aromatic carbocycles. The summed E-state index contributed by atoms with van der Waals surface area (Å²) in [4.78, 5) is 12.2. The number of hydrogen-bond donors (Lipinski definition) is 1. The van der Waals surface area contributed by atoms with E-state index >= 15 is 0 Å². The van der Waals surface area contributed by atoms with Crippen LogP contribution in [0.25, 0.3) is 11.1 Å². The van der Waals surface area contributed by atoms with Gasteiger partial charge in [0.15, 0.2) is 9.84 Å². The quantitative estimate of drug-likeness (QED) is 0.865. The minimum absolute atomic E-state index is 0.0233. The Morgan fingerprint density at radius 3 is 2.41 bits per heavy atom. The second-order valence-electron chi connectivity index (χ2n) is 7.31. The highest BCUT2D eigenvalue weighted by Crippen LogP contribution is 2.35. The van der Waals surface area contributed by atoms with Crippen molar-refractivity contribution >= 4 is 9.84 Å². The topological polar surface area (TPSA) is 85.6 Å². The zero-order chi connectivity index (χ0) is 19.8. The summed E-state index contributed by atoms with van der Waals surface area (Å²) < 4.78 is 31.7. The van der Waals surface area contributed by atoms with Crippen LogP contribution in [0.4, 0.5) is 0 Å².